The number of nitrogens with one attached hydrogen (secondary N) is 1. The van der Waals surface area contributed by atoms with Gasteiger partial charge in [-0.25, -0.2) is 8.78 Å². The van der Waals surface area contributed by atoms with Gasteiger partial charge in [0, 0.05) is 24.5 Å². The summed E-state index contributed by atoms with van der Waals surface area (Å²) in [5.41, 5.74) is 1.09. The molecule has 94 valence electrons. The highest BCUT2D eigenvalue weighted by Gasteiger charge is 2.11. The van der Waals surface area contributed by atoms with Crippen molar-refractivity contribution in [2.45, 2.75) is 13.0 Å². The number of anilines is 1. The van der Waals surface area contributed by atoms with E-state index < -0.39 is 11.6 Å². The third kappa shape index (κ3) is 2.85. The predicted octanol–water partition coefficient (Wildman–Crippen LogP) is 4.30. The van der Waals surface area contributed by atoms with Gasteiger partial charge in [0.15, 0.2) is 0 Å². The smallest absolute Gasteiger partial charge is 0.147 e. The fourth-order valence-corrected chi connectivity index (χ4v) is 1.92. The highest BCUT2D eigenvalue weighted by molar-refractivity contribution is 9.10. The van der Waals surface area contributed by atoms with Gasteiger partial charge in [0.2, 0.25) is 0 Å². The molecule has 0 fully saturated rings. The minimum absolute atomic E-state index is 0.113. The van der Waals surface area contributed by atoms with Crippen LogP contribution in [0.15, 0.2) is 41.1 Å². The summed E-state index contributed by atoms with van der Waals surface area (Å²) in [6, 6.07) is 5.76. The van der Waals surface area contributed by atoms with E-state index in [0.29, 0.717) is 0 Å². The Bertz CT molecular complexity index is 546. The molecule has 1 aromatic heterocycles. The van der Waals surface area contributed by atoms with E-state index >= 15 is 0 Å². The SMILES string of the molecule is CC(Nc1cc(F)c(Br)cc1F)c1ccncc1. The van der Waals surface area contributed by atoms with Gasteiger partial charge in [0.25, 0.3) is 0 Å². The van der Waals surface area contributed by atoms with Gasteiger partial charge in [-0.05, 0) is 46.6 Å². The van der Waals surface area contributed by atoms with Crippen molar-refractivity contribution in [3.05, 3.63) is 58.3 Å². The summed E-state index contributed by atoms with van der Waals surface area (Å²) in [4.78, 5) is 3.91. The molecule has 0 aliphatic carbocycles. The molecule has 2 aromatic rings. The van der Waals surface area contributed by atoms with E-state index in [4.69, 9.17) is 0 Å². The Morgan fingerprint density at radius 1 is 1.17 bits per heavy atom. The minimum Gasteiger partial charge on any atom is -0.376 e. The van der Waals surface area contributed by atoms with Crippen molar-refractivity contribution in [1.82, 2.24) is 4.98 Å². The first-order valence-electron chi connectivity index (χ1n) is 5.39. The van der Waals surface area contributed by atoms with Crippen LogP contribution in [0.2, 0.25) is 0 Å². The van der Waals surface area contributed by atoms with E-state index in [1.54, 1.807) is 12.4 Å². The van der Waals surface area contributed by atoms with Crippen LogP contribution in [0.5, 0.6) is 0 Å². The Balaban J connectivity index is 2.22. The highest BCUT2D eigenvalue weighted by Crippen LogP contribution is 2.26. The van der Waals surface area contributed by atoms with Gasteiger partial charge >= 0.3 is 0 Å². The van der Waals surface area contributed by atoms with E-state index in [1.165, 1.54) is 0 Å². The number of benzene rings is 1. The molecular weight excluding hydrogens is 302 g/mol. The summed E-state index contributed by atoms with van der Waals surface area (Å²) in [5.74, 6) is -0.995. The lowest BCUT2D eigenvalue weighted by Crippen LogP contribution is -2.08. The molecule has 1 N–H and O–H groups in total. The molecule has 0 bridgehead atoms. The second-order valence-corrected chi connectivity index (χ2v) is 4.75. The second-order valence-electron chi connectivity index (χ2n) is 3.89. The lowest BCUT2D eigenvalue weighted by Gasteiger charge is -2.16. The Hall–Kier alpha value is -1.49. The van der Waals surface area contributed by atoms with Crippen molar-refractivity contribution < 1.29 is 8.78 Å². The summed E-state index contributed by atoms with van der Waals surface area (Å²) in [6.45, 7) is 1.87. The monoisotopic (exact) mass is 312 g/mol. The molecule has 0 aliphatic heterocycles. The zero-order valence-corrected chi connectivity index (χ0v) is 11.2. The van der Waals surface area contributed by atoms with Gasteiger partial charge in [-0.3, -0.25) is 4.98 Å². The van der Waals surface area contributed by atoms with Crippen LogP contribution >= 0.6 is 15.9 Å². The topological polar surface area (TPSA) is 24.9 Å². The van der Waals surface area contributed by atoms with Crippen LogP contribution in [-0.2, 0) is 0 Å². The predicted molar refractivity (Wildman–Crippen MR) is 70.3 cm³/mol. The first kappa shape index (κ1) is 13.0. The van der Waals surface area contributed by atoms with Crippen LogP contribution in [0, 0.1) is 11.6 Å². The standard InChI is InChI=1S/C13H11BrF2N2/c1-8(9-2-4-17-5-3-9)18-13-7-11(15)10(14)6-12(13)16/h2-8,18H,1H3. The normalized spacial score (nSPS) is 12.2. The van der Waals surface area contributed by atoms with Crippen LogP contribution in [0.25, 0.3) is 0 Å². The molecule has 0 amide bonds. The average molecular weight is 313 g/mol. The van der Waals surface area contributed by atoms with Crippen molar-refractivity contribution in [3.8, 4) is 0 Å². The average Bonchev–Trinajstić information content (AvgIpc) is 2.37. The van der Waals surface area contributed by atoms with Crippen LogP contribution in [0.4, 0.5) is 14.5 Å². The van der Waals surface area contributed by atoms with Gasteiger partial charge in [0.1, 0.15) is 11.6 Å². The summed E-state index contributed by atoms with van der Waals surface area (Å²) in [5, 5.41) is 2.93. The highest BCUT2D eigenvalue weighted by atomic mass is 79.9. The number of halogens is 3. The fraction of sp³-hybridized carbons (Fsp3) is 0.154. The van der Waals surface area contributed by atoms with Gasteiger partial charge in [0.05, 0.1) is 10.2 Å². The Kier molecular flexibility index (Phi) is 3.91. The van der Waals surface area contributed by atoms with Gasteiger partial charge in [-0.15, -0.1) is 0 Å². The molecule has 2 rings (SSSR count). The lowest BCUT2D eigenvalue weighted by molar-refractivity contribution is 0.595. The molecule has 5 heteroatoms. The maximum Gasteiger partial charge on any atom is 0.147 e. The molecule has 18 heavy (non-hydrogen) atoms. The van der Waals surface area contributed by atoms with E-state index in [-0.39, 0.29) is 16.2 Å². The molecule has 0 spiro atoms. The molecule has 1 aromatic carbocycles. The largest absolute Gasteiger partial charge is 0.376 e. The van der Waals surface area contributed by atoms with Crippen molar-refractivity contribution in [2.24, 2.45) is 0 Å². The van der Waals surface area contributed by atoms with Crippen LogP contribution in [0.1, 0.15) is 18.5 Å². The molecule has 0 aliphatic rings. The maximum atomic E-state index is 13.6. The molecule has 0 saturated carbocycles. The number of hydrogen-bond donors (Lipinski definition) is 1. The Labute approximate surface area is 112 Å². The van der Waals surface area contributed by atoms with Crippen LogP contribution in [-0.4, -0.2) is 4.98 Å². The zero-order valence-electron chi connectivity index (χ0n) is 9.62. The van der Waals surface area contributed by atoms with Gasteiger partial charge < -0.3 is 5.32 Å². The first-order valence-corrected chi connectivity index (χ1v) is 6.18. The van der Waals surface area contributed by atoms with E-state index in [1.807, 2.05) is 19.1 Å². The summed E-state index contributed by atoms with van der Waals surface area (Å²) >= 11 is 2.94. The van der Waals surface area contributed by atoms with Crippen molar-refractivity contribution >= 4 is 21.6 Å². The van der Waals surface area contributed by atoms with Crippen LogP contribution in [0.3, 0.4) is 0 Å². The van der Waals surface area contributed by atoms with Crippen molar-refractivity contribution in [1.29, 1.82) is 0 Å². The van der Waals surface area contributed by atoms with Gasteiger partial charge in [-0.1, -0.05) is 0 Å². The Morgan fingerprint density at radius 2 is 1.83 bits per heavy atom. The molecule has 0 radical (unpaired) electrons. The van der Waals surface area contributed by atoms with Crippen molar-refractivity contribution in [2.75, 3.05) is 5.32 Å². The number of hydrogen-bond acceptors (Lipinski definition) is 2. The fourth-order valence-electron chi connectivity index (χ4n) is 1.60. The van der Waals surface area contributed by atoms with E-state index in [9.17, 15) is 8.78 Å². The number of aromatic nitrogens is 1. The minimum atomic E-state index is -0.499. The Morgan fingerprint density at radius 3 is 2.50 bits per heavy atom. The third-order valence-electron chi connectivity index (χ3n) is 2.59. The lowest BCUT2D eigenvalue weighted by atomic mass is 10.1. The third-order valence-corrected chi connectivity index (χ3v) is 3.20. The molecule has 0 saturated heterocycles. The maximum absolute atomic E-state index is 13.6. The van der Waals surface area contributed by atoms with E-state index in [2.05, 4.69) is 26.2 Å². The molecule has 1 heterocycles. The molecule has 2 nitrogen and oxygen atoms in total. The van der Waals surface area contributed by atoms with E-state index in [0.717, 1.165) is 17.7 Å². The number of nitrogens with zero attached hydrogens (tertiary/aromatic N) is 1. The zero-order chi connectivity index (χ0) is 13.1. The molecular formula is C13H11BrF2N2. The van der Waals surface area contributed by atoms with Crippen LogP contribution < -0.4 is 5.32 Å². The second kappa shape index (κ2) is 5.44. The van der Waals surface area contributed by atoms with Gasteiger partial charge in [-0.2, -0.15) is 0 Å². The molecule has 1 unspecified atom stereocenters. The number of pyridine rings is 1. The first-order chi connectivity index (χ1) is 8.58. The van der Waals surface area contributed by atoms with Crippen molar-refractivity contribution in [3.63, 3.8) is 0 Å². The summed E-state index contributed by atoms with van der Waals surface area (Å²) in [6.07, 6.45) is 3.32. The molecule has 1 atom stereocenters. The summed E-state index contributed by atoms with van der Waals surface area (Å²) < 4.78 is 27.1. The quantitative estimate of drug-likeness (QED) is 0.855. The number of rotatable bonds is 3. The summed E-state index contributed by atoms with van der Waals surface area (Å²) in [7, 11) is 0.